The highest BCUT2D eigenvalue weighted by atomic mass is 16.5. The summed E-state index contributed by atoms with van der Waals surface area (Å²) in [6.07, 6.45) is 5.32. The molecule has 0 radical (unpaired) electrons. The molecule has 4 rings (SSSR count). The molecule has 1 N–H and O–H groups in total. The van der Waals surface area contributed by atoms with E-state index in [1.54, 1.807) is 12.5 Å². The second kappa shape index (κ2) is 7.37. The van der Waals surface area contributed by atoms with Gasteiger partial charge >= 0.3 is 0 Å². The van der Waals surface area contributed by atoms with Crippen LogP contribution in [0, 0.1) is 17.8 Å². The van der Waals surface area contributed by atoms with Crippen LogP contribution in [-0.2, 0) is 22.6 Å². The van der Waals surface area contributed by atoms with E-state index in [0.29, 0.717) is 25.0 Å². The predicted octanol–water partition coefficient (Wildman–Crippen LogP) is 1.69. The van der Waals surface area contributed by atoms with Gasteiger partial charge in [0.1, 0.15) is 5.76 Å². The summed E-state index contributed by atoms with van der Waals surface area (Å²) >= 11 is 0. The van der Waals surface area contributed by atoms with Gasteiger partial charge in [0, 0.05) is 32.0 Å². The number of ether oxygens (including phenoxy) is 1. The van der Waals surface area contributed by atoms with Crippen molar-refractivity contribution in [1.82, 2.24) is 15.2 Å². The van der Waals surface area contributed by atoms with Gasteiger partial charge in [0.05, 0.1) is 31.9 Å². The summed E-state index contributed by atoms with van der Waals surface area (Å²) in [6, 6.07) is 7.76. The summed E-state index contributed by atoms with van der Waals surface area (Å²) in [5, 5.41) is 2.99. The molecule has 25 heavy (non-hydrogen) atoms. The Morgan fingerprint density at radius 1 is 1.28 bits per heavy atom. The summed E-state index contributed by atoms with van der Waals surface area (Å²) in [5.41, 5.74) is 1.21. The Morgan fingerprint density at radius 3 is 3.04 bits per heavy atom. The van der Waals surface area contributed by atoms with E-state index in [0.717, 1.165) is 32.0 Å². The van der Waals surface area contributed by atoms with Crippen molar-refractivity contribution in [2.45, 2.75) is 13.1 Å². The Balaban J connectivity index is 1.36. The maximum atomic E-state index is 12.6. The van der Waals surface area contributed by atoms with Crippen LogP contribution in [0.25, 0.3) is 0 Å². The Hall–Kier alpha value is -2.18. The maximum Gasteiger partial charge on any atom is 0.226 e. The van der Waals surface area contributed by atoms with Gasteiger partial charge in [-0.05, 0) is 35.6 Å². The molecule has 132 valence electrons. The molecule has 2 aromatic heterocycles. The van der Waals surface area contributed by atoms with Crippen molar-refractivity contribution in [3.63, 3.8) is 0 Å². The fourth-order valence-electron chi connectivity index (χ4n) is 3.96. The van der Waals surface area contributed by atoms with E-state index in [1.165, 1.54) is 5.56 Å². The zero-order valence-corrected chi connectivity index (χ0v) is 14.1. The molecule has 1 amide bonds. The highest BCUT2D eigenvalue weighted by Crippen LogP contribution is 2.34. The van der Waals surface area contributed by atoms with Gasteiger partial charge in [-0.15, -0.1) is 0 Å². The van der Waals surface area contributed by atoms with Crippen molar-refractivity contribution >= 4 is 5.91 Å². The summed E-state index contributed by atoms with van der Waals surface area (Å²) in [5.74, 6) is 1.51. The van der Waals surface area contributed by atoms with Gasteiger partial charge in [-0.25, -0.2) is 0 Å². The van der Waals surface area contributed by atoms with Crippen LogP contribution in [0.2, 0.25) is 0 Å². The van der Waals surface area contributed by atoms with Crippen molar-refractivity contribution in [2.75, 3.05) is 26.3 Å². The normalized spacial score (nSPS) is 26.3. The van der Waals surface area contributed by atoms with Gasteiger partial charge in [0.25, 0.3) is 0 Å². The largest absolute Gasteiger partial charge is 0.467 e. The zero-order chi connectivity index (χ0) is 17.1. The van der Waals surface area contributed by atoms with Gasteiger partial charge < -0.3 is 14.5 Å². The molecule has 4 heterocycles. The number of fused-ring (bicyclic) bond motifs is 1. The van der Waals surface area contributed by atoms with Gasteiger partial charge in [-0.1, -0.05) is 6.07 Å². The van der Waals surface area contributed by atoms with E-state index in [2.05, 4.69) is 21.3 Å². The van der Waals surface area contributed by atoms with Crippen LogP contribution in [0.3, 0.4) is 0 Å². The van der Waals surface area contributed by atoms with E-state index in [9.17, 15) is 4.79 Å². The Bertz CT molecular complexity index is 689. The molecule has 6 nitrogen and oxygen atoms in total. The molecule has 2 aliphatic rings. The van der Waals surface area contributed by atoms with Crippen molar-refractivity contribution in [1.29, 1.82) is 0 Å². The van der Waals surface area contributed by atoms with E-state index < -0.39 is 0 Å². The second-order valence-electron chi connectivity index (χ2n) is 6.92. The first-order valence-electron chi connectivity index (χ1n) is 8.78. The van der Waals surface area contributed by atoms with Gasteiger partial charge in [0.15, 0.2) is 0 Å². The average molecular weight is 341 g/mol. The fourth-order valence-corrected chi connectivity index (χ4v) is 3.96. The van der Waals surface area contributed by atoms with Crippen LogP contribution in [-0.4, -0.2) is 42.1 Å². The smallest absolute Gasteiger partial charge is 0.226 e. The lowest BCUT2D eigenvalue weighted by atomic mass is 9.82. The number of carbonyl (C=O) groups is 1. The molecule has 0 aliphatic carbocycles. The lowest BCUT2D eigenvalue weighted by molar-refractivity contribution is -0.133. The molecule has 0 unspecified atom stereocenters. The lowest BCUT2D eigenvalue weighted by Crippen LogP contribution is -2.44. The average Bonchev–Trinajstić information content (AvgIpc) is 3.29. The van der Waals surface area contributed by atoms with Crippen LogP contribution in [0.1, 0.15) is 11.3 Å². The highest BCUT2D eigenvalue weighted by molar-refractivity contribution is 5.79. The van der Waals surface area contributed by atoms with Crippen LogP contribution in [0.15, 0.2) is 47.3 Å². The molecule has 0 saturated carbocycles. The first-order valence-corrected chi connectivity index (χ1v) is 8.78. The van der Waals surface area contributed by atoms with Gasteiger partial charge in [-0.3, -0.25) is 14.7 Å². The number of hydrogen-bond acceptors (Lipinski definition) is 5. The van der Waals surface area contributed by atoms with Crippen LogP contribution in [0.4, 0.5) is 0 Å². The molecule has 3 atom stereocenters. The van der Waals surface area contributed by atoms with Crippen molar-refractivity contribution in [3.8, 4) is 0 Å². The Kier molecular flexibility index (Phi) is 4.81. The summed E-state index contributed by atoms with van der Waals surface area (Å²) in [4.78, 5) is 19.2. The van der Waals surface area contributed by atoms with Crippen molar-refractivity contribution in [3.05, 3.63) is 54.2 Å². The predicted molar refractivity (Wildman–Crippen MR) is 91.4 cm³/mol. The van der Waals surface area contributed by atoms with Gasteiger partial charge in [0.2, 0.25) is 5.91 Å². The van der Waals surface area contributed by atoms with Crippen molar-refractivity contribution in [2.24, 2.45) is 17.8 Å². The SMILES string of the molecule is O=C(NCc1ccco1)[C@@H]1COC[C@@H]2CN(Cc3cccnc3)C[C@@H]21. The minimum Gasteiger partial charge on any atom is -0.467 e. The standard InChI is InChI=1S/C19H23N3O3/c23-19(21-8-16-4-2-6-25-16)18-13-24-12-15-10-22(11-17(15)18)9-14-3-1-5-20-7-14/h1-7,15,17-18H,8-13H2,(H,21,23)/t15-,17-,18+/m0/s1. The number of rotatable bonds is 5. The molecule has 0 spiro atoms. The highest BCUT2D eigenvalue weighted by Gasteiger charge is 2.43. The molecule has 6 heteroatoms. The molecule has 2 fully saturated rings. The third kappa shape index (κ3) is 3.75. The zero-order valence-electron chi connectivity index (χ0n) is 14.1. The molecule has 2 aromatic rings. The van der Waals surface area contributed by atoms with Gasteiger partial charge in [-0.2, -0.15) is 0 Å². The Labute approximate surface area is 147 Å². The topological polar surface area (TPSA) is 67.6 Å². The monoisotopic (exact) mass is 341 g/mol. The number of nitrogens with zero attached hydrogens (tertiary/aromatic N) is 2. The third-order valence-corrected chi connectivity index (χ3v) is 5.20. The number of likely N-dealkylation sites (tertiary alicyclic amines) is 1. The molecule has 0 aromatic carbocycles. The summed E-state index contributed by atoms with van der Waals surface area (Å²) < 4.78 is 11.0. The number of carbonyl (C=O) groups excluding carboxylic acids is 1. The van der Waals surface area contributed by atoms with E-state index in [-0.39, 0.29) is 11.8 Å². The molecule has 2 aliphatic heterocycles. The van der Waals surface area contributed by atoms with Crippen LogP contribution in [0.5, 0.6) is 0 Å². The molecular weight excluding hydrogens is 318 g/mol. The number of pyridine rings is 1. The second-order valence-corrected chi connectivity index (χ2v) is 6.92. The van der Waals surface area contributed by atoms with E-state index in [1.807, 2.05) is 24.4 Å². The minimum absolute atomic E-state index is 0.0642. The van der Waals surface area contributed by atoms with Crippen molar-refractivity contribution < 1.29 is 13.9 Å². The summed E-state index contributed by atoms with van der Waals surface area (Å²) in [7, 11) is 0. The van der Waals surface area contributed by atoms with E-state index in [4.69, 9.17) is 9.15 Å². The number of aromatic nitrogens is 1. The quantitative estimate of drug-likeness (QED) is 0.896. The van der Waals surface area contributed by atoms with E-state index >= 15 is 0 Å². The van der Waals surface area contributed by atoms with Crippen LogP contribution < -0.4 is 5.32 Å². The molecule has 2 saturated heterocycles. The lowest BCUT2D eigenvalue weighted by Gasteiger charge is -2.31. The number of furan rings is 1. The number of amides is 1. The first-order chi connectivity index (χ1) is 12.3. The Morgan fingerprint density at radius 2 is 2.24 bits per heavy atom. The summed E-state index contributed by atoms with van der Waals surface area (Å²) in [6.45, 7) is 4.46. The minimum atomic E-state index is -0.0902. The number of nitrogens with one attached hydrogen (secondary N) is 1. The molecular formula is C19H23N3O3. The first kappa shape index (κ1) is 16.3. The molecule has 0 bridgehead atoms. The number of hydrogen-bond donors (Lipinski definition) is 1. The maximum absolute atomic E-state index is 12.6. The third-order valence-electron chi connectivity index (χ3n) is 5.20. The fraction of sp³-hybridized carbons (Fsp3) is 0.474. The van der Waals surface area contributed by atoms with Crippen LogP contribution >= 0.6 is 0 Å².